The van der Waals surface area contributed by atoms with Gasteiger partial charge in [0.2, 0.25) is 5.24 Å². The van der Waals surface area contributed by atoms with E-state index in [1.54, 1.807) is 37.7 Å². The van der Waals surface area contributed by atoms with Gasteiger partial charge in [0.05, 0.1) is 92.8 Å². The van der Waals surface area contributed by atoms with E-state index in [9.17, 15) is 48.6 Å². The number of nitrogens with one attached hydrogen (secondary N) is 1. The van der Waals surface area contributed by atoms with Crippen molar-refractivity contribution < 1.29 is 114 Å². The van der Waals surface area contributed by atoms with E-state index in [0.29, 0.717) is 24.6 Å². The number of aliphatic carboxylic acids is 1. The van der Waals surface area contributed by atoms with E-state index >= 15 is 0 Å². The van der Waals surface area contributed by atoms with Gasteiger partial charge in [0, 0.05) is 186 Å². The number of benzene rings is 4. The van der Waals surface area contributed by atoms with E-state index in [1.807, 2.05) is 97.1 Å². The summed E-state index contributed by atoms with van der Waals surface area (Å²) in [5, 5.41) is 53.9. The molecule has 588 valence electrons. The Bertz CT molecular complexity index is 6340. The van der Waals surface area contributed by atoms with Crippen LogP contribution in [0.3, 0.4) is 0 Å². The molecule has 0 unspecified atom stereocenters. The number of fused-ring (bicyclic) bond motifs is 1. The Morgan fingerprint density at radius 3 is 1.57 bits per heavy atom. The number of H-pyrrole nitrogens is 1. The van der Waals surface area contributed by atoms with E-state index in [-0.39, 0.29) is 78.3 Å². The number of carbonyl (C=O) groups excluding carboxylic acids is 5. The van der Waals surface area contributed by atoms with Crippen molar-refractivity contribution in [3.8, 4) is 17.3 Å². The van der Waals surface area contributed by atoms with E-state index in [4.69, 9.17) is 140 Å². The molecule has 6 N–H and O–H groups in total. The number of Topliss-reactive ketones (excluding diaryl/α,β-unsaturated/α-hetero) is 2. The number of carboxylic acid groups (broad SMARTS) is 1. The van der Waals surface area contributed by atoms with Crippen molar-refractivity contribution in [2.45, 2.75) is 128 Å². The number of pyridine rings is 1. The zero-order valence-corrected chi connectivity index (χ0v) is 61.6. The Morgan fingerprint density at radius 2 is 1.15 bits per heavy atom. The van der Waals surface area contributed by atoms with Gasteiger partial charge < -0.3 is 40.5 Å². The number of amides is 2. The second-order valence-corrected chi connectivity index (χ2v) is 23.2. The number of hydrogen-bond donors (Lipinski definition) is 5. The molecule has 13 rings (SSSR count). The molecule has 0 atom stereocenters. The molecule has 9 aromatic rings. The van der Waals surface area contributed by atoms with Crippen molar-refractivity contribution in [3.05, 3.63) is 209 Å². The fraction of sp³-hybridized carbons (Fsp3) is 0.385. The number of halogens is 7. The van der Waals surface area contributed by atoms with Crippen LogP contribution in [0.15, 0.2) is 164 Å². The van der Waals surface area contributed by atoms with Crippen LogP contribution in [0, 0.1) is 17.1 Å². The molecule has 5 aromatic heterocycles. The Labute approximate surface area is 731 Å². The first-order valence-electron chi connectivity index (χ1n) is 52.6. The Morgan fingerprint density at radius 1 is 0.673 bits per heavy atom. The number of ketones is 2. The highest BCUT2D eigenvalue weighted by Gasteiger charge is 2.38. The lowest BCUT2D eigenvalue weighted by atomic mass is 10.0. The van der Waals surface area contributed by atoms with Crippen LogP contribution in [0.5, 0.6) is 0 Å². The number of hydrogen-bond acceptors (Lipinski definition) is 19. The van der Waals surface area contributed by atoms with Gasteiger partial charge in [0.25, 0.3) is 5.91 Å². The van der Waals surface area contributed by atoms with Crippen LogP contribution < -0.4 is 20.4 Å². The molecule has 0 aliphatic carbocycles. The predicted octanol–water partition coefficient (Wildman–Crippen LogP) is 14.1. The molecule has 110 heavy (non-hydrogen) atoms. The maximum absolute atomic E-state index is 14.3. The minimum absolute atomic E-state index is 0.00660. The van der Waals surface area contributed by atoms with Gasteiger partial charge in [-0.2, -0.15) is 25.7 Å². The first-order valence-corrected chi connectivity index (χ1v) is 33.0. The largest absolute Gasteiger partial charge is 0.481 e. The van der Waals surface area contributed by atoms with Gasteiger partial charge in [-0.1, -0.05) is 109 Å². The van der Waals surface area contributed by atoms with E-state index in [1.165, 1.54) is 58.2 Å². The predicted molar refractivity (Wildman–Crippen MR) is 428 cm³/mol. The lowest BCUT2D eigenvalue weighted by Gasteiger charge is -2.29. The van der Waals surface area contributed by atoms with Gasteiger partial charge in [-0.3, -0.25) is 43.1 Å². The highest BCUT2D eigenvalue weighted by atomic mass is 35.5. The summed E-state index contributed by atoms with van der Waals surface area (Å²) in [6.45, 7) is -13.1. The van der Waals surface area contributed by atoms with Crippen molar-refractivity contribution in [2.24, 2.45) is 0 Å². The number of alkyl halides is 4. The van der Waals surface area contributed by atoms with Crippen LogP contribution in [0.4, 0.5) is 32.5 Å². The average molecular weight is 1680 g/mol. The monoisotopic (exact) mass is 1670 g/mol. The van der Waals surface area contributed by atoms with Gasteiger partial charge in [-0.25, -0.2) is 19.1 Å². The summed E-state index contributed by atoms with van der Waals surface area (Å²) >= 11 is 30.6. The molecule has 3 fully saturated rings. The van der Waals surface area contributed by atoms with Crippen LogP contribution in [0.1, 0.15) is 180 Å². The van der Waals surface area contributed by atoms with Crippen LogP contribution in [0.25, 0.3) is 11.3 Å². The van der Waals surface area contributed by atoms with Crippen molar-refractivity contribution >= 4 is 128 Å². The molecule has 32 heteroatoms. The molecule has 0 spiro atoms. The first kappa shape index (κ1) is 44.6. The van der Waals surface area contributed by atoms with Crippen molar-refractivity contribution in [1.29, 1.82) is 5.26 Å². The van der Waals surface area contributed by atoms with Crippen molar-refractivity contribution in [1.82, 2.24) is 49.4 Å². The minimum Gasteiger partial charge on any atom is -0.481 e. The zero-order valence-electron chi connectivity index (χ0n) is 101. The minimum atomic E-state index is -3.68. The third kappa shape index (κ3) is 31.9. The van der Waals surface area contributed by atoms with Gasteiger partial charge >= 0.3 is 12.1 Å². The summed E-state index contributed by atoms with van der Waals surface area (Å²) in [6, 6.07) is 40.8. The molecule has 3 saturated heterocycles. The number of ether oxygens (including phenoxy) is 1. The Kier molecular flexibility index (Phi) is 19.3. The quantitative estimate of drug-likeness (QED) is 0.0371. The van der Waals surface area contributed by atoms with Crippen LogP contribution in [0.2, 0.25) is 7.85 Å². The molecule has 9 heterocycles. The first-order chi connectivity index (χ1) is 69.1. The lowest BCUT2D eigenvalue weighted by molar-refractivity contribution is -0.136. The maximum atomic E-state index is 14.3. The molecule has 2 amide bonds. The summed E-state index contributed by atoms with van der Waals surface area (Å²) in [6.07, 6.45) is -35.4. The van der Waals surface area contributed by atoms with Crippen molar-refractivity contribution in [3.63, 3.8) is 0 Å². The smallest absolute Gasteiger partial charge is 0.417 e. The fourth-order valence-electron chi connectivity index (χ4n) is 8.34. The molecule has 0 saturated carbocycles. The van der Waals surface area contributed by atoms with Crippen molar-refractivity contribution in [2.75, 3.05) is 82.7 Å². The molecule has 0 bridgehead atoms. The highest BCUT2D eigenvalue weighted by molar-refractivity contribution is 6.63. The molecule has 0 radical (unpaired) electrons. The number of nitrogens with two attached hydrogens (primary N) is 1. The van der Waals surface area contributed by atoms with Gasteiger partial charge in [-0.15, -0.1) is 46.4 Å². The molecule has 25 nitrogen and oxygen atoms in total. The van der Waals surface area contributed by atoms with Crippen LogP contribution in [-0.4, -0.2) is 180 Å². The number of aromatic amines is 1. The second-order valence-electron chi connectivity index (χ2n) is 21.7. The summed E-state index contributed by atoms with van der Waals surface area (Å²) in [5.74, 6) is -19.5. The molecular weight excluding hydrogens is 1540 g/mol. The number of carbonyl (C=O) groups is 6. The molecule has 4 aliphatic heterocycles. The van der Waals surface area contributed by atoms with Gasteiger partial charge in [0.15, 0.2) is 14.5 Å². The number of nitrogens with zero attached hydrogens (tertiary/aromatic N) is 13. The number of aromatic nitrogens is 9. The number of piperidine rings is 3. The van der Waals surface area contributed by atoms with Gasteiger partial charge in [-0.05, 0) is 98.8 Å². The topological polar surface area (TPSA) is 330 Å². The number of rotatable bonds is 19. The maximum Gasteiger partial charge on any atom is 0.417 e. The number of aliphatic hydroxyl groups is 2. The number of anilines is 4. The number of carboxylic acids is 1. The standard InChI is InChI=1S/C19H15ClFN3O3.C15H19N3O.C15H17N3O.C10H11N3.C8H13N3O.C5H8Cl2O.C3H4Cl2O.C3H5ClO2/c1-19(2,3)27-18(26)24-9-14-16(17(24)25)11(20)7-13(23-14)15-10(8-22)5-4-6-12(15)21;2*19-14-6-9-17(10-7-14)15-8-11-18(16-15)12-13-4-2-1-3-5-13;11-10-6-7-13(12-10)8-9-4-2-1-3-5-9;12-7-2-5-11(6-3-7)8-1-4-9-10-8;6-3-1-5(8)2-4-7;2*4-2-1-3(5)6/h4-7H,9H2,1-3H3;1-5,8,11,14,19H,6-7,9-10,12H2;1-5,8,11H,6-7,9-10,12H2;1-7H,8H2,(H2,11,12);1,4,7,12H,2-3,5-6H2,(H,9,10);1-4H2;1-2H2;1-2H2,(H,5,6)/i;6D2,7D2,9D2,10D2,14D;6D2,7D2,9D2,10D2;;2D2,3D2,5D2,6D2,7D;1D2,2D2,3D2,4D2;2*1D2,2D2/hD2. The fourth-order valence-corrected chi connectivity index (χ4v) is 9.07. The highest BCUT2D eigenvalue weighted by Crippen LogP contribution is 2.35. The molecular formula is C78H92Cl6FN15O10. The third-order valence-corrected chi connectivity index (χ3v) is 13.5. The SMILES string of the molecule is CC(C)(C)OC(=O)N1Cc2nc(-c3c(F)cccc3C#N)cc(Cl)c2C1=O.[2H]C([2H])(Cl)C([2H])([2H])C(=O)C([2H])([2H])C([2H])([2H])Cl.[2H]C([2H])(Cl)C([2H])([2H])C(=O)Cl.[2H]C([2H])(Cl)C([2H])([2H])C(=O)O.[2H]C1([2H])C(=O)C([2H])([2H])C([2H])([2H])N(c2ccn(Cc3ccccc3)n2)C1([2H])[2H].[2H]C1([2H])N(c2ccn(Cc3ccccc3)n2)C([2H])([2H])C([2H])([2H])C([2H])(O)C1([2H])[2H].[2H]C1([2H])N(c2ccn[nH]2)C([2H])([2H])C([2H])([2H])C([2H])(O)C1([2H])[2H].[2H]N([2H])c1ccn(Cc2ccccc2)n1. The van der Waals surface area contributed by atoms with Crippen LogP contribution >= 0.6 is 69.6 Å². The number of nitrogen functional groups attached to an aromatic ring is 1. The third-order valence-electron chi connectivity index (χ3n) is 12.8. The van der Waals surface area contributed by atoms with E-state index in [2.05, 4.69) is 30.5 Å². The summed E-state index contributed by atoms with van der Waals surface area (Å²) in [7, 11) is 0. The van der Waals surface area contributed by atoms with Crippen LogP contribution in [-0.2, 0) is 50.1 Å². The Hall–Kier alpha value is -9.43. The second kappa shape index (κ2) is 47.6. The lowest BCUT2D eigenvalue weighted by Crippen LogP contribution is -2.36. The zero-order chi connectivity index (χ0) is 119. The normalized spacial score (nSPS) is 26.8. The summed E-state index contributed by atoms with van der Waals surface area (Å²) in [5.41, 5.74) is 3.12. The Balaban J connectivity index is 0.000000275. The number of imide groups is 1. The summed E-state index contributed by atoms with van der Waals surface area (Å²) in [4.78, 5) is 74.4. The molecule has 4 aromatic carbocycles. The van der Waals surface area contributed by atoms with E-state index in [0.717, 1.165) is 33.9 Å². The summed E-state index contributed by atoms with van der Waals surface area (Å²) < 4.78 is 351. The average Bonchev–Trinajstić information content (AvgIpc) is 1.04. The van der Waals surface area contributed by atoms with E-state index < -0.39 is 184 Å². The van der Waals surface area contributed by atoms with Gasteiger partial charge in [0.1, 0.15) is 34.6 Å². The number of nitriles is 1. The molecule has 4 aliphatic rings.